The van der Waals surface area contributed by atoms with Gasteiger partial charge in [-0.3, -0.25) is 0 Å². The summed E-state index contributed by atoms with van der Waals surface area (Å²) in [5.41, 5.74) is 2.34. The van der Waals surface area contributed by atoms with Gasteiger partial charge in [0.05, 0.1) is 22.8 Å². The number of piperidine rings is 1. The van der Waals surface area contributed by atoms with E-state index in [0.29, 0.717) is 39.6 Å². The molecule has 220 valence electrons. The van der Waals surface area contributed by atoms with Crippen molar-refractivity contribution in [3.05, 3.63) is 71.8 Å². The van der Waals surface area contributed by atoms with Gasteiger partial charge in [0.15, 0.2) is 9.84 Å². The molecule has 2 N–H and O–H groups in total. The van der Waals surface area contributed by atoms with Gasteiger partial charge in [-0.05, 0) is 86.4 Å². The quantitative estimate of drug-likeness (QED) is 0.238. The molecular weight excluding hydrogens is 553 g/mol. The fraction of sp³-hybridized carbons (Fsp3) is 0.406. The van der Waals surface area contributed by atoms with E-state index in [1.165, 1.54) is 6.07 Å². The summed E-state index contributed by atoms with van der Waals surface area (Å²) in [4.78, 5) is 13.7. The van der Waals surface area contributed by atoms with Crippen molar-refractivity contribution in [3.63, 3.8) is 0 Å². The van der Waals surface area contributed by atoms with Crippen LogP contribution in [0.3, 0.4) is 0 Å². The third-order valence-electron chi connectivity index (χ3n) is 8.26. The molecule has 0 unspecified atom stereocenters. The molecule has 1 atom stereocenters. The minimum absolute atomic E-state index is 0.0996. The lowest BCUT2D eigenvalue weighted by atomic mass is 10.0. The van der Waals surface area contributed by atoms with Gasteiger partial charge in [-0.15, -0.1) is 0 Å². The first-order valence-electron chi connectivity index (χ1n) is 14.7. The van der Waals surface area contributed by atoms with Gasteiger partial charge in [-0.2, -0.15) is 0 Å². The Balaban J connectivity index is 1.32. The summed E-state index contributed by atoms with van der Waals surface area (Å²) in [6, 6.07) is 12.4. The maximum Gasteiger partial charge on any atom is 0.228 e. The van der Waals surface area contributed by atoms with Crippen molar-refractivity contribution in [2.45, 2.75) is 57.2 Å². The first kappa shape index (κ1) is 28.5. The van der Waals surface area contributed by atoms with E-state index in [-0.39, 0.29) is 29.0 Å². The minimum atomic E-state index is -3.49. The van der Waals surface area contributed by atoms with Gasteiger partial charge in [-0.1, -0.05) is 25.0 Å². The van der Waals surface area contributed by atoms with E-state index in [9.17, 15) is 8.42 Å². The van der Waals surface area contributed by atoms with Crippen LogP contribution in [0.2, 0.25) is 0 Å². The van der Waals surface area contributed by atoms with Crippen molar-refractivity contribution in [2.24, 2.45) is 5.92 Å². The summed E-state index contributed by atoms with van der Waals surface area (Å²) in [6.07, 6.45) is 9.46. The molecule has 6 rings (SSSR count). The molecule has 1 saturated heterocycles. The van der Waals surface area contributed by atoms with Crippen LogP contribution in [-0.2, 0) is 15.6 Å². The third-order valence-corrected chi connectivity index (χ3v) is 9.97. The molecule has 2 fully saturated rings. The SMILES string of the molecule is Cc1ccc2c(CS(=O)(=O)CC3CCCC3)c(F)ccc2c1Oc1ncccc1-c1ccnc(N[C@H]2CCCNC2)n1. The number of aromatic nitrogens is 3. The molecule has 8 nitrogen and oxygen atoms in total. The van der Waals surface area contributed by atoms with Gasteiger partial charge in [0.25, 0.3) is 0 Å². The highest BCUT2D eigenvalue weighted by Crippen LogP contribution is 2.39. The number of halogens is 1. The van der Waals surface area contributed by atoms with E-state index >= 15 is 4.39 Å². The molecule has 2 aromatic carbocycles. The Morgan fingerprint density at radius 2 is 1.83 bits per heavy atom. The summed E-state index contributed by atoms with van der Waals surface area (Å²) < 4.78 is 47.9. The Labute approximate surface area is 246 Å². The van der Waals surface area contributed by atoms with E-state index in [0.717, 1.165) is 57.2 Å². The molecule has 2 aliphatic rings. The molecule has 1 saturated carbocycles. The Morgan fingerprint density at radius 1 is 1.00 bits per heavy atom. The predicted molar refractivity (Wildman–Crippen MR) is 163 cm³/mol. The molecule has 0 spiro atoms. The van der Waals surface area contributed by atoms with Gasteiger partial charge in [0.2, 0.25) is 11.8 Å². The zero-order chi connectivity index (χ0) is 29.1. The van der Waals surface area contributed by atoms with Gasteiger partial charge in [0, 0.05) is 35.9 Å². The zero-order valence-corrected chi connectivity index (χ0v) is 24.6. The fourth-order valence-corrected chi connectivity index (χ4v) is 8.02. The number of ether oxygens (including phenoxy) is 1. The first-order chi connectivity index (χ1) is 20.4. The van der Waals surface area contributed by atoms with Crippen LogP contribution in [0, 0.1) is 18.7 Å². The molecule has 3 heterocycles. The van der Waals surface area contributed by atoms with E-state index in [1.54, 1.807) is 24.5 Å². The molecular formula is C32H36FN5O3S. The average Bonchev–Trinajstić information content (AvgIpc) is 3.49. The Kier molecular flexibility index (Phi) is 8.35. The lowest BCUT2D eigenvalue weighted by molar-refractivity contribution is 0.466. The zero-order valence-electron chi connectivity index (χ0n) is 23.8. The summed E-state index contributed by atoms with van der Waals surface area (Å²) in [6.45, 7) is 3.79. The highest BCUT2D eigenvalue weighted by molar-refractivity contribution is 7.90. The van der Waals surface area contributed by atoms with Gasteiger partial charge in [0.1, 0.15) is 11.6 Å². The molecule has 0 bridgehead atoms. The monoisotopic (exact) mass is 589 g/mol. The smallest absolute Gasteiger partial charge is 0.228 e. The maximum absolute atomic E-state index is 15.2. The number of rotatable bonds is 9. The second kappa shape index (κ2) is 12.3. The standard InChI is InChI=1S/C32H36FN5O3S/c1-21-10-11-24-25(12-13-28(33)27(24)20-42(39,40)19-22-6-2-3-7-22)30(21)41-31-26(9-5-16-35-31)29-14-17-36-32(38-29)37-23-8-4-15-34-18-23/h5,9-14,16-17,22-23,34H,2-4,6-8,15,18-20H2,1H3,(H,36,37,38)/t23-/m0/s1. The van der Waals surface area contributed by atoms with Gasteiger partial charge < -0.3 is 15.4 Å². The minimum Gasteiger partial charge on any atom is -0.437 e. The van der Waals surface area contributed by atoms with E-state index < -0.39 is 15.7 Å². The Hall–Kier alpha value is -3.63. The van der Waals surface area contributed by atoms with Crippen molar-refractivity contribution in [1.29, 1.82) is 0 Å². The summed E-state index contributed by atoms with van der Waals surface area (Å²) >= 11 is 0. The lowest BCUT2D eigenvalue weighted by Crippen LogP contribution is -2.38. The number of hydrogen-bond donors (Lipinski definition) is 2. The molecule has 10 heteroatoms. The van der Waals surface area contributed by atoms with Crippen molar-refractivity contribution in [3.8, 4) is 22.9 Å². The molecule has 2 aromatic heterocycles. The van der Waals surface area contributed by atoms with E-state index in [2.05, 4.69) is 20.6 Å². The Morgan fingerprint density at radius 3 is 2.64 bits per heavy atom. The summed E-state index contributed by atoms with van der Waals surface area (Å²) in [5.74, 6) is 0.781. The second-order valence-electron chi connectivity index (χ2n) is 11.4. The van der Waals surface area contributed by atoms with Crippen LogP contribution in [-0.4, -0.2) is 48.3 Å². The molecule has 0 amide bonds. The second-order valence-corrected chi connectivity index (χ2v) is 13.6. The van der Waals surface area contributed by atoms with Crippen LogP contribution in [0.25, 0.3) is 22.0 Å². The number of benzene rings is 2. The van der Waals surface area contributed by atoms with Crippen LogP contribution in [0.15, 0.2) is 54.9 Å². The summed E-state index contributed by atoms with van der Waals surface area (Å²) in [7, 11) is -3.49. The number of fused-ring (bicyclic) bond motifs is 1. The Bertz CT molecular complexity index is 1690. The number of hydrogen-bond acceptors (Lipinski definition) is 8. The number of nitrogens with one attached hydrogen (secondary N) is 2. The van der Waals surface area contributed by atoms with Crippen molar-refractivity contribution in [1.82, 2.24) is 20.3 Å². The summed E-state index contributed by atoms with van der Waals surface area (Å²) in [5, 5.41) is 7.96. The number of anilines is 1. The van der Waals surface area contributed by atoms with Crippen LogP contribution in [0.1, 0.15) is 49.7 Å². The predicted octanol–water partition coefficient (Wildman–Crippen LogP) is 6.20. The number of nitrogens with zero attached hydrogens (tertiary/aromatic N) is 3. The maximum atomic E-state index is 15.2. The normalized spacial score (nSPS) is 17.9. The number of aryl methyl sites for hydroxylation is 1. The van der Waals surface area contributed by atoms with Crippen molar-refractivity contribution >= 4 is 26.6 Å². The van der Waals surface area contributed by atoms with E-state index in [1.807, 2.05) is 31.2 Å². The van der Waals surface area contributed by atoms with Crippen LogP contribution < -0.4 is 15.4 Å². The molecule has 42 heavy (non-hydrogen) atoms. The highest BCUT2D eigenvalue weighted by Gasteiger charge is 2.26. The number of pyridine rings is 1. The average molecular weight is 590 g/mol. The molecule has 4 aromatic rings. The third kappa shape index (κ3) is 6.39. The van der Waals surface area contributed by atoms with E-state index in [4.69, 9.17) is 9.72 Å². The topological polar surface area (TPSA) is 106 Å². The largest absolute Gasteiger partial charge is 0.437 e. The molecule has 1 aliphatic heterocycles. The number of sulfone groups is 1. The van der Waals surface area contributed by atoms with Crippen LogP contribution >= 0.6 is 0 Å². The van der Waals surface area contributed by atoms with Crippen molar-refractivity contribution < 1.29 is 17.5 Å². The lowest BCUT2D eigenvalue weighted by Gasteiger charge is -2.23. The van der Waals surface area contributed by atoms with Gasteiger partial charge >= 0.3 is 0 Å². The van der Waals surface area contributed by atoms with Crippen molar-refractivity contribution in [2.75, 3.05) is 24.2 Å². The molecule has 1 aliphatic carbocycles. The van der Waals surface area contributed by atoms with Crippen LogP contribution in [0.5, 0.6) is 11.6 Å². The molecule has 0 radical (unpaired) electrons. The van der Waals surface area contributed by atoms with Crippen LogP contribution in [0.4, 0.5) is 10.3 Å². The van der Waals surface area contributed by atoms with Gasteiger partial charge in [-0.25, -0.2) is 27.8 Å². The highest BCUT2D eigenvalue weighted by atomic mass is 32.2. The first-order valence-corrected chi connectivity index (χ1v) is 16.5. The fourth-order valence-electron chi connectivity index (χ4n) is 6.12.